The van der Waals surface area contributed by atoms with Gasteiger partial charge in [0.05, 0.1) is 5.02 Å². The maximum atomic E-state index is 12.4. The summed E-state index contributed by atoms with van der Waals surface area (Å²) in [6.07, 6.45) is 1.72. The summed E-state index contributed by atoms with van der Waals surface area (Å²) in [7, 11) is 0. The Labute approximate surface area is 123 Å². The summed E-state index contributed by atoms with van der Waals surface area (Å²) < 4.78 is 0.952. The van der Waals surface area contributed by atoms with Gasteiger partial charge in [-0.2, -0.15) is 0 Å². The first-order valence-corrected chi connectivity index (χ1v) is 6.89. The van der Waals surface area contributed by atoms with Crippen LogP contribution in [0.2, 0.25) is 5.02 Å². The molecule has 19 heavy (non-hydrogen) atoms. The molecule has 0 fully saturated rings. The summed E-state index contributed by atoms with van der Waals surface area (Å²) in [4.78, 5) is 15.4. The molecule has 1 heterocycles. The summed E-state index contributed by atoms with van der Waals surface area (Å²) in [5, 5.41) is 1.49. The number of ketones is 1. The number of hydrogen-bond acceptors (Lipinski definition) is 1. The Bertz CT molecular complexity index is 761. The molecule has 2 nitrogen and oxygen atoms in total. The quantitative estimate of drug-likeness (QED) is 0.670. The van der Waals surface area contributed by atoms with E-state index in [0.717, 1.165) is 15.4 Å². The average molecular weight is 335 g/mol. The van der Waals surface area contributed by atoms with Crippen LogP contribution in [0.25, 0.3) is 10.9 Å². The summed E-state index contributed by atoms with van der Waals surface area (Å²) >= 11 is 9.42. The number of nitrogens with one attached hydrogen (secondary N) is 1. The van der Waals surface area contributed by atoms with E-state index in [1.165, 1.54) is 0 Å². The topological polar surface area (TPSA) is 32.9 Å². The van der Waals surface area contributed by atoms with Gasteiger partial charge in [0, 0.05) is 32.7 Å². The van der Waals surface area contributed by atoms with Crippen molar-refractivity contribution in [3.05, 3.63) is 69.3 Å². The fourth-order valence-corrected chi connectivity index (χ4v) is 2.47. The summed E-state index contributed by atoms with van der Waals surface area (Å²) in [5.74, 6) is -0.00772. The molecular weight excluding hydrogens is 326 g/mol. The Morgan fingerprint density at radius 2 is 1.74 bits per heavy atom. The number of halogens is 2. The molecule has 1 N–H and O–H groups in total. The molecule has 0 atom stereocenters. The summed E-state index contributed by atoms with van der Waals surface area (Å²) in [6.45, 7) is 0. The lowest BCUT2D eigenvalue weighted by molar-refractivity contribution is 0.103. The van der Waals surface area contributed by atoms with Gasteiger partial charge in [0.25, 0.3) is 0 Å². The second-order valence-electron chi connectivity index (χ2n) is 4.23. The molecule has 4 heteroatoms. The number of hydrogen-bond donors (Lipinski definition) is 1. The molecular formula is C15H9BrClNO. The van der Waals surface area contributed by atoms with Gasteiger partial charge in [0.15, 0.2) is 5.78 Å². The van der Waals surface area contributed by atoms with Gasteiger partial charge in [-0.1, -0.05) is 27.5 Å². The Morgan fingerprint density at radius 1 is 1.05 bits per heavy atom. The molecule has 0 saturated heterocycles. The van der Waals surface area contributed by atoms with E-state index in [1.54, 1.807) is 24.4 Å². The van der Waals surface area contributed by atoms with E-state index in [1.807, 2.05) is 24.3 Å². The Hall–Kier alpha value is -1.58. The van der Waals surface area contributed by atoms with Gasteiger partial charge in [-0.05, 0) is 42.5 Å². The highest BCUT2D eigenvalue weighted by molar-refractivity contribution is 9.10. The predicted molar refractivity (Wildman–Crippen MR) is 80.9 cm³/mol. The lowest BCUT2D eigenvalue weighted by Crippen LogP contribution is -2.00. The van der Waals surface area contributed by atoms with Crippen LogP contribution >= 0.6 is 27.5 Å². The number of fused-ring (bicyclic) bond motifs is 1. The molecule has 0 aliphatic heterocycles. The van der Waals surface area contributed by atoms with Crippen molar-refractivity contribution in [3.8, 4) is 0 Å². The zero-order valence-electron chi connectivity index (χ0n) is 9.78. The normalized spacial score (nSPS) is 10.8. The molecule has 0 saturated carbocycles. The minimum absolute atomic E-state index is 0.00772. The minimum atomic E-state index is -0.00772. The van der Waals surface area contributed by atoms with Gasteiger partial charge in [0.2, 0.25) is 0 Å². The third-order valence-corrected chi connectivity index (χ3v) is 3.84. The summed E-state index contributed by atoms with van der Waals surface area (Å²) in [5.41, 5.74) is 2.22. The monoisotopic (exact) mass is 333 g/mol. The van der Waals surface area contributed by atoms with Crippen LogP contribution in [0.4, 0.5) is 0 Å². The smallest absolute Gasteiger partial charge is 0.193 e. The van der Waals surface area contributed by atoms with Gasteiger partial charge >= 0.3 is 0 Å². The van der Waals surface area contributed by atoms with Crippen LogP contribution in [-0.4, -0.2) is 10.8 Å². The Kier molecular flexibility index (Phi) is 3.17. The number of carbonyl (C=O) groups is 1. The molecule has 0 amide bonds. The molecule has 94 valence electrons. The van der Waals surface area contributed by atoms with E-state index in [2.05, 4.69) is 20.9 Å². The number of carbonyl (C=O) groups excluding carboxylic acids is 1. The highest BCUT2D eigenvalue weighted by atomic mass is 79.9. The van der Waals surface area contributed by atoms with E-state index in [-0.39, 0.29) is 5.78 Å². The van der Waals surface area contributed by atoms with Crippen molar-refractivity contribution in [2.45, 2.75) is 0 Å². The van der Waals surface area contributed by atoms with E-state index in [0.29, 0.717) is 16.1 Å². The van der Waals surface area contributed by atoms with Gasteiger partial charge in [-0.3, -0.25) is 4.79 Å². The van der Waals surface area contributed by atoms with Crippen LogP contribution in [-0.2, 0) is 0 Å². The zero-order valence-corrected chi connectivity index (χ0v) is 12.1. The molecule has 0 aliphatic carbocycles. The molecule has 3 aromatic rings. The van der Waals surface area contributed by atoms with E-state index in [4.69, 9.17) is 11.6 Å². The fourth-order valence-electron chi connectivity index (χ4n) is 2.00. The first kappa shape index (κ1) is 12.5. The van der Waals surface area contributed by atoms with Gasteiger partial charge in [-0.15, -0.1) is 0 Å². The van der Waals surface area contributed by atoms with Crippen LogP contribution in [0.5, 0.6) is 0 Å². The van der Waals surface area contributed by atoms with Crippen molar-refractivity contribution in [1.82, 2.24) is 4.98 Å². The zero-order chi connectivity index (χ0) is 13.4. The van der Waals surface area contributed by atoms with E-state index < -0.39 is 0 Å². The number of H-pyrrole nitrogens is 1. The van der Waals surface area contributed by atoms with Crippen LogP contribution in [0.15, 0.2) is 53.1 Å². The molecule has 2 aromatic carbocycles. The third-order valence-electron chi connectivity index (χ3n) is 3.00. The minimum Gasteiger partial charge on any atom is -0.360 e. The molecule has 3 rings (SSSR count). The largest absolute Gasteiger partial charge is 0.360 e. The highest BCUT2D eigenvalue weighted by Crippen LogP contribution is 2.25. The first-order valence-electron chi connectivity index (χ1n) is 5.72. The van der Waals surface area contributed by atoms with Crippen LogP contribution in [0.1, 0.15) is 15.9 Å². The number of aromatic amines is 1. The Balaban J connectivity index is 2.05. The van der Waals surface area contributed by atoms with Crippen molar-refractivity contribution in [1.29, 1.82) is 0 Å². The van der Waals surface area contributed by atoms with Gasteiger partial charge in [0.1, 0.15) is 0 Å². The molecule has 0 spiro atoms. The molecule has 0 unspecified atom stereocenters. The van der Waals surface area contributed by atoms with Crippen molar-refractivity contribution < 1.29 is 4.79 Å². The maximum Gasteiger partial charge on any atom is 0.193 e. The van der Waals surface area contributed by atoms with Gasteiger partial charge < -0.3 is 4.98 Å². The van der Waals surface area contributed by atoms with Crippen LogP contribution in [0, 0.1) is 0 Å². The standard InChI is InChI=1S/C15H9BrClNO/c16-11-4-1-9(2-5-11)15(19)10-3-6-14-12(7-10)13(17)8-18-14/h1-8,18H. The highest BCUT2D eigenvalue weighted by Gasteiger charge is 2.11. The van der Waals surface area contributed by atoms with Crippen LogP contribution in [0.3, 0.4) is 0 Å². The number of aromatic nitrogens is 1. The lowest BCUT2D eigenvalue weighted by Gasteiger charge is -2.02. The number of benzene rings is 2. The first-order chi connectivity index (χ1) is 9.15. The molecule has 0 radical (unpaired) electrons. The Morgan fingerprint density at radius 3 is 2.47 bits per heavy atom. The molecule has 0 aliphatic rings. The van der Waals surface area contributed by atoms with Crippen LogP contribution < -0.4 is 0 Å². The van der Waals surface area contributed by atoms with E-state index in [9.17, 15) is 4.79 Å². The van der Waals surface area contributed by atoms with Crippen molar-refractivity contribution in [3.63, 3.8) is 0 Å². The van der Waals surface area contributed by atoms with Gasteiger partial charge in [-0.25, -0.2) is 0 Å². The lowest BCUT2D eigenvalue weighted by atomic mass is 10.0. The SMILES string of the molecule is O=C(c1ccc(Br)cc1)c1ccc2[nH]cc(Cl)c2c1. The predicted octanol–water partition coefficient (Wildman–Crippen LogP) is 4.81. The van der Waals surface area contributed by atoms with Crippen molar-refractivity contribution in [2.24, 2.45) is 0 Å². The molecule has 0 bridgehead atoms. The second kappa shape index (κ2) is 4.83. The van der Waals surface area contributed by atoms with Crippen molar-refractivity contribution in [2.75, 3.05) is 0 Å². The van der Waals surface area contributed by atoms with E-state index >= 15 is 0 Å². The number of rotatable bonds is 2. The average Bonchev–Trinajstić information content (AvgIpc) is 2.80. The maximum absolute atomic E-state index is 12.4. The van der Waals surface area contributed by atoms with Crippen molar-refractivity contribution >= 4 is 44.2 Å². The summed E-state index contributed by atoms with van der Waals surface area (Å²) in [6, 6.07) is 12.8. The second-order valence-corrected chi connectivity index (χ2v) is 5.56. The fraction of sp³-hybridized carbons (Fsp3) is 0. The third kappa shape index (κ3) is 2.31. The molecule has 1 aromatic heterocycles.